The Bertz CT molecular complexity index is 545. The Morgan fingerprint density at radius 3 is 2.39 bits per heavy atom. The van der Waals surface area contributed by atoms with Gasteiger partial charge in [-0.05, 0) is 29.3 Å². The summed E-state index contributed by atoms with van der Waals surface area (Å²) in [5.74, 6) is -4.18. The zero-order chi connectivity index (χ0) is 13.3. The second-order valence-corrected chi connectivity index (χ2v) is 4.12. The van der Waals surface area contributed by atoms with Gasteiger partial charge in [0, 0.05) is 6.42 Å². The minimum atomic E-state index is -2.41. The summed E-state index contributed by atoms with van der Waals surface area (Å²) < 4.78 is 26.8. The molecule has 1 unspecified atom stereocenters. The van der Waals surface area contributed by atoms with Gasteiger partial charge >= 0.3 is 5.97 Å². The maximum Gasteiger partial charge on any atom is 0.336 e. The van der Waals surface area contributed by atoms with Gasteiger partial charge in [-0.1, -0.05) is 18.2 Å². The van der Waals surface area contributed by atoms with E-state index < -0.39 is 23.2 Å². The van der Waals surface area contributed by atoms with Crippen molar-refractivity contribution in [3.63, 3.8) is 0 Å². The summed E-state index contributed by atoms with van der Waals surface area (Å²) in [6.07, 6.45) is 2.38. The highest BCUT2D eigenvalue weighted by Crippen LogP contribution is 2.34. The molecule has 1 aromatic carbocycles. The van der Waals surface area contributed by atoms with Gasteiger partial charge in [-0.25, -0.2) is 13.6 Å². The van der Waals surface area contributed by atoms with Crippen LogP contribution in [0.3, 0.4) is 0 Å². The maximum atomic E-state index is 14.0. The molecule has 1 aromatic rings. The first-order chi connectivity index (χ1) is 8.40. The number of hydrogen-bond acceptors (Lipinski definition) is 2. The molecule has 0 saturated heterocycles. The summed E-state index contributed by atoms with van der Waals surface area (Å²) in [5, 5.41) is 8.80. The Morgan fingerprint density at radius 2 is 1.89 bits per heavy atom. The van der Waals surface area contributed by atoms with E-state index >= 15 is 0 Å². The lowest BCUT2D eigenvalue weighted by Crippen LogP contribution is -2.41. The lowest BCUT2D eigenvalue weighted by Gasteiger charge is -2.25. The molecule has 0 aromatic heterocycles. The fourth-order valence-electron chi connectivity index (χ4n) is 1.87. The van der Waals surface area contributed by atoms with Gasteiger partial charge in [0.05, 0.1) is 5.57 Å². The Labute approximate surface area is 102 Å². The van der Waals surface area contributed by atoms with E-state index in [-0.39, 0.29) is 6.42 Å². The number of rotatable bonds is 2. The molecule has 0 bridgehead atoms. The highest BCUT2D eigenvalue weighted by Gasteiger charge is 2.37. The van der Waals surface area contributed by atoms with E-state index in [9.17, 15) is 13.6 Å². The minimum Gasteiger partial charge on any atom is -0.478 e. The zero-order valence-corrected chi connectivity index (χ0v) is 9.36. The van der Waals surface area contributed by atoms with Crippen LogP contribution in [0.15, 0.2) is 42.0 Å². The van der Waals surface area contributed by atoms with Gasteiger partial charge in [0.25, 0.3) is 0 Å². The van der Waals surface area contributed by atoms with Crippen LogP contribution < -0.4 is 5.73 Å². The van der Waals surface area contributed by atoms with Crippen molar-refractivity contribution >= 4 is 11.5 Å². The van der Waals surface area contributed by atoms with Gasteiger partial charge in [0.1, 0.15) is 5.82 Å². The van der Waals surface area contributed by atoms with Crippen LogP contribution in [0.25, 0.3) is 5.57 Å². The van der Waals surface area contributed by atoms with Crippen LogP contribution in [0, 0.1) is 5.82 Å². The van der Waals surface area contributed by atoms with Crippen LogP contribution >= 0.6 is 0 Å². The minimum absolute atomic E-state index is 0.253. The number of allylic oxidation sites excluding steroid dienone is 2. The van der Waals surface area contributed by atoms with E-state index in [2.05, 4.69) is 0 Å². The van der Waals surface area contributed by atoms with Crippen molar-refractivity contribution in [3.8, 4) is 0 Å². The van der Waals surface area contributed by atoms with E-state index in [1.165, 1.54) is 30.3 Å². The molecule has 2 rings (SSSR count). The standard InChI is InChI=1S/C13H11F2NO2/c14-10-4-1-8(2-5-10)9-3-6-11(12(17)18)13(15,16)7-9/h1-6H,7,16H2,(H,17,18). The fourth-order valence-corrected chi connectivity index (χ4v) is 1.87. The van der Waals surface area contributed by atoms with Crippen LogP contribution in [-0.4, -0.2) is 16.9 Å². The Hall–Kier alpha value is -2.01. The summed E-state index contributed by atoms with van der Waals surface area (Å²) >= 11 is 0. The molecule has 0 saturated carbocycles. The topological polar surface area (TPSA) is 63.3 Å². The third kappa shape index (κ3) is 2.31. The van der Waals surface area contributed by atoms with Gasteiger partial charge in [-0.3, -0.25) is 5.73 Å². The van der Waals surface area contributed by atoms with E-state index in [4.69, 9.17) is 10.8 Å². The molecule has 3 nitrogen and oxygen atoms in total. The number of aliphatic carboxylic acids is 1. The van der Waals surface area contributed by atoms with Crippen LogP contribution in [0.1, 0.15) is 12.0 Å². The van der Waals surface area contributed by atoms with E-state index in [0.717, 1.165) is 6.08 Å². The molecule has 18 heavy (non-hydrogen) atoms. The Kier molecular flexibility index (Phi) is 3.00. The molecule has 0 radical (unpaired) electrons. The molecule has 0 heterocycles. The summed E-state index contributed by atoms with van der Waals surface area (Å²) in [6, 6.07) is 5.50. The van der Waals surface area contributed by atoms with Gasteiger partial charge in [-0.15, -0.1) is 0 Å². The molecule has 0 fully saturated rings. The Morgan fingerprint density at radius 1 is 1.28 bits per heavy atom. The van der Waals surface area contributed by atoms with Crippen molar-refractivity contribution in [1.29, 1.82) is 0 Å². The smallest absolute Gasteiger partial charge is 0.336 e. The van der Waals surface area contributed by atoms with Crippen LogP contribution in [-0.2, 0) is 4.79 Å². The van der Waals surface area contributed by atoms with Gasteiger partial charge < -0.3 is 5.11 Å². The number of alkyl halides is 1. The SMILES string of the molecule is NC1(F)CC(c2ccc(F)cc2)=CC=C1C(=O)O. The molecule has 0 aliphatic heterocycles. The van der Waals surface area contributed by atoms with Gasteiger partial charge in [0.2, 0.25) is 0 Å². The van der Waals surface area contributed by atoms with E-state index in [1.807, 2.05) is 0 Å². The first-order valence-corrected chi connectivity index (χ1v) is 5.28. The molecule has 1 atom stereocenters. The predicted octanol–water partition coefficient (Wildman–Crippen LogP) is 2.25. The number of carboxylic acids is 1. The summed E-state index contributed by atoms with van der Waals surface area (Å²) in [7, 11) is 0. The number of hydrogen-bond donors (Lipinski definition) is 2. The molecular formula is C13H11F2NO2. The molecular weight excluding hydrogens is 240 g/mol. The second-order valence-electron chi connectivity index (χ2n) is 4.12. The molecule has 94 valence electrons. The number of carbonyl (C=O) groups is 1. The highest BCUT2D eigenvalue weighted by atomic mass is 19.1. The molecule has 3 N–H and O–H groups in total. The molecule has 5 heteroatoms. The third-order valence-corrected chi connectivity index (χ3v) is 2.79. The van der Waals surface area contributed by atoms with Crippen molar-refractivity contribution in [3.05, 3.63) is 53.4 Å². The van der Waals surface area contributed by atoms with Gasteiger partial charge in [-0.2, -0.15) is 0 Å². The lowest BCUT2D eigenvalue weighted by molar-refractivity contribution is -0.134. The monoisotopic (exact) mass is 251 g/mol. The summed E-state index contributed by atoms with van der Waals surface area (Å²) in [4.78, 5) is 10.8. The van der Waals surface area contributed by atoms with Crippen molar-refractivity contribution < 1.29 is 18.7 Å². The first kappa shape index (κ1) is 12.4. The highest BCUT2D eigenvalue weighted by molar-refractivity contribution is 5.91. The van der Waals surface area contributed by atoms with Crippen LogP contribution in [0.5, 0.6) is 0 Å². The summed E-state index contributed by atoms with van der Waals surface area (Å²) in [5.41, 5.74) is 6.02. The zero-order valence-electron chi connectivity index (χ0n) is 9.36. The van der Waals surface area contributed by atoms with Crippen molar-refractivity contribution in [2.75, 3.05) is 0 Å². The molecule has 0 amide bonds. The maximum absolute atomic E-state index is 14.0. The summed E-state index contributed by atoms with van der Waals surface area (Å²) in [6.45, 7) is 0. The average Bonchev–Trinajstić information content (AvgIpc) is 2.28. The van der Waals surface area contributed by atoms with Gasteiger partial charge in [0.15, 0.2) is 5.79 Å². The lowest BCUT2D eigenvalue weighted by atomic mass is 9.88. The number of halogens is 2. The molecule has 1 aliphatic rings. The largest absolute Gasteiger partial charge is 0.478 e. The average molecular weight is 251 g/mol. The van der Waals surface area contributed by atoms with Crippen molar-refractivity contribution in [2.45, 2.75) is 12.2 Å². The van der Waals surface area contributed by atoms with E-state index in [0.29, 0.717) is 11.1 Å². The molecule has 0 spiro atoms. The van der Waals surface area contributed by atoms with Crippen molar-refractivity contribution in [2.24, 2.45) is 5.73 Å². The quantitative estimate of drug-likeness (QED) is 0.792. The third-order valence-electron chi connectivity index (χ3n) is 2.79. The fraction of sp³-hybridized carbons (Fsp3) is 0.154. The second kappa shape index (κ2) is 4.34. The first-order valence-electron chi connectivity index (χ1n) is 5.28. The van der Waals surface area contributed by atoms with E-state index in [1.54, 1.807) is 0 Å². The Balaban J connectivity index is 2.38. The number of benzene rings is 1. The van der Waals surface area contributed by atoms with Crippen LogP contribution in [0.4, 0.5) is 8.78 Å². The normalized spacial score (nSPS) is 23.3. The predicted molar refractivity (Wildman–Crippen MR) is 62.7 cm³/mol. The number of carboxylic acid groups (broad SMARTS) is 1. The van der Waals surface area contributed by atoms with Crippen molar-refractivity contribution in [1.82, 2.24) is 0 Å². The number of nitrogens with two attached hydrogens (primary N) is 1. The molecule has 1 aliphatic carbocycles. The van der Waals surface area contributed by atoms with Crippen LogP contribution in [0.2, 0.25) is 0 Å².